The van der Waals surface area contributed by atoms with Gasteiger partial charge in [0.1, 0.15) is 11.6 Å². The van der Waals surface area contributed by atoms with Crippen molar-refractivity contribution in [1.29, 1.82) is 0 Å². The highest BCUT2D eigenvalue weighted by Crippen LogP contribution is 2.15. The minimum atomic E-state index is -1.02. The summed E-state index contributed by atoms with van der Waals surface area (Å²) in [5, 5.41) is 8.37. The summed E-state index contributed by atoms with van der Waals surface area (Å²) in [6, 6.07) is 2.13. The van der Waals surface area contributed by atoms with E-state index in [-0.39, 0.29) is 24.0 Å². The third-order valence-corrected chi connectivity index (χ3v) is 1.94. The fraction of sp³-hybridized carbons (Fsp3) is 0.300. The molecule has 1 N–H and O–H groups in total. The van der Waals surface area contributed by atoms with Gasteiger partial charge in [0, 0.05) is 6.42 Å². The SMILES string of the molecule is Cc1cc(F)c(CCC(=O)O)cc1F. The van der Waals surface area contributed by atoms with Gasteiger partial charge in [-0.05, 0) is 36.6 Å². The third kappa shape index (κ3) is 2.52. The van der Waals surface area contributed by atoms with Crippen molar-refractivity contribution in [2.24, 2.45) is 0 Å². The van der Waals surface area contributed by atoms with Crippen LogP contribution in [0.1, 0.15) is 17.5 Å². The highest BCUT2D eigenvalue weighted by atomic mass is 19.1. The molecule has 0 heterocycles. The van der Waals surface area contributed by atoms with Gasteiger partial charge >= 0.3 is 5.97 Å². The molecule has 0 aliphatic carbocycles. The first-order valence-electron chi connectivity index (χ1n) is 4.17. The molecule has 0 amide bonds. The Balaban J connectivity index is 2.87. The van der Waals surface area contributed by atoms with Gasteiger partial charge in [0.25, 0.3) is 0 Å². The molecule has 14 heavy (non-hydrogen) atoms. The van der Waals surface area contributed by atoms with E-state index in [1.807, 2.05) is 0 Å². The smallest absolute Gasteiger partial charge is 0.303 e. The van der Waals surface area contributed by atoms with E-state index in [9.17, 15) is 13.6 Å². The van der Waals surface area contributed by atoms with Crippen molar-refractivity contribution in [2.45, 2.75) is 19.8 Å². The van der Waals surface area contributed by atoms with Gasteiger partial charge in [-0.1, -0.05) is 0 Å². The van der Waals surface area contributed by atoms with E-state index in [1.165, 1.54) is 6.92 Å². The fourth-order valence-corrected chi connectivity index (χ4v) is 1.12. The average molecular weight is 200 g/mol. The Labute approximate surface area is 80.2 Å². The summed E-state index contributed by atoms with van der Waals surface area (Å²) in [7, 11) is 0. The van der Waals surface area contributed by atoms with Crippen LogP contribution in [0, 0.1) is 18.6 Å². The molecule has 4 heteroatoms. The molecule has 0 radical (unpaired) electrons. The van der Waals surface area contributed by atoms with Gasteiger partial charge in [-0.2, -0.15) is 0 Å². The van der Waals surface area contributed by atoms with Crippen LogP contribution >= 0.6 is 0 Å². The fourth-order valence-electron chi connectivity index (χ4n) is 1.12. The lowest BCUT2D eigenvalue weighted by atomic mass is 10.1. The van der Waals surface area contributed by atoms with E-state index < -0.39 is 17.6 Å². The van der Waals surface area contributed by atoms with Gasteiger partial charge < -0.3 is 5.11 Å². The zero-order valence-electron chi connectivity index (χ0n) is 7.68. The molecule has 0 spiro atoms. The number of rotatable bonds is 3. The van der Waals surface area contributed by atoms with Crippen molar-refractivity contribution in [2.75, 3.05) is 0 Å². The van der Waals surface area contributed by atoms with Crippen molar-refractivity contribution in [1.82, 2.24) is 0 Å². The Morgan fingerprint density at radius 2 is 2.00 bits per heavy atom. The Kier molecular flexibility index (Phi) is 3.17. The van der Waals surface area contributed by atoms with Crippen molar-refractivity contribution in [3.05, 3.63) is 34.9 Å². The second kappa shape index (κ2) is 4.17. The van der Waals surface area contributed by atoms with Gasteiger partial charge in [0.05, 0.1) is 0 Å². The molecule has 0 aromatic heterocycles. The summed E-state index contributed by atoms with van der Waals surface area (Å²) >= 11 is 0. The number of carbonyl (C=O) groups is 1. The lowest BCUT2D eigenvalue weighted by molar-refractivity contribution is -0.136. The largest absolute Gasteiger partial charge is 0.481 e. The first-order chi connectivity index (χ1) is 6.50. The van der Waals surface area contributed by atoms with Crippen molar-refractivity contribution in [3.63, 3.8) is 0 Å². The molecule has 1 aromatic carbocycles. The summed E-state index contributed by atoms with van der Waals surface area (Å²) in [4.78, 5) is 10.2. The summed E-state index contributed by atoms with van der Waals surface area (Å²) in [5.41, 5.74) is 0.331. The van der Waals surface area contributed by atoms with Crippen LogP contribution < -0.4 is 0 Å². The predicted molar refractivity (Wildman–Crippen MR) is 47.1 cm³/mol. The molecule has 2 nitrogen and oxygen atoms in total. The topological polar surface area (TPSA) is 37.3 Å². The molecule has 0 aliphatic rings. The second-order valence-electron chi connectivity index (χ2n) is 3.09. The maximum atomic E-state index is 13.1. The number of hydrogen-bond acceptors (Lipinski definition) is 1. The standard InChI is InChI=1S/C10H10F2O2/c1-6-4-9(12)7(5-8(6)11)2-3-10(13)14/h4-5H,2-3H2,1H3,(H,13,14). The molecular weight excluding hydrogens is 190 g/mol. The number of hydrogen-bond donors (Lipinski definition) is 1. The van der Waals surface area contributed by atoms with Crippen LogP contribution in [-0.4, -0.2) is 11.1 Å². The number of benzene rings is 1. The quantitative estimate of drug-likeness (QED) is 0.812. The molecule has 1 aromatic rings. The number of carboxylic acid groups (broad SMARTS) is 1. The van der Waals surface area contributed by atoms with Crippen molar-refractivity contribution >= 4 is 5.97 Å². The third-order valence-electron chi connectivity index (χ3n) is 1.94. The molecular formula is C10H10F2O2. The maximum absolute atomic E-state index is 13.1. The second-order valence-corrected chi connectivity index (χ2v) is 3.09. The van der Waals surface area contributed by atoms with Gasteiger partial charge in [0.2, 0.25) is 0 Å². The molecule has 1 rings (SSSR count). The van der Waals surface area contributed by atoms with E-state index >= 15 is 0 Å². The zero-order valence-corrected chi connectivity index (χ0v) is 7.68. The van der Waals surface area contributed by atoms with Crippen LogP contribution in [0.5, 0.6) is 0 Å². The van der Waals surface area contributed by atoms with Crippen molar-refractivity contribution in [3.8, 4) is 0 Å². The number of aryl methyl sites for hydroxylation is 2. The Morgan fingerprint density at radius 1 is 1.36 bits per heavy atom. The first kappa shape index (κ1) is 10.6. The van der Waals surface area contributed by atoms with E-state index in [2.05, 4.69) is 0 Å². The number of aliphatic carboxylic acids is 1. The van der Waals surface area contributed by atoms with E-state index in [1.54, 1.807) is 0 Å². The molecule has 0 saturated carbocycles. The number of carboxylic acids is 1. The van der Waals surface area contributed by atoms with Crippen LogP contribution in [-0.2, 0) is 11.2 Å². The molecule has 0 atom stereocenters. The van der Waals surface area contributed by atoms with Gasteiger partial charge in [0.15, 0.2) is 0 Å². The lowest BCUT2D eigenvalue weighted by Gasteiger charge is -2.03. The summed E-state index contributed by atoms with van der Waals surface area (Å²) in [6.07, 6.45) is -0.183. The normalized spacial score (nSPS) is 10.2. The average Bonchev–Trinajstić information content (AvgIpc) is 2.09. The van der Waals surface area contributed by atoms with E-state index in [0.717, 1.165) is 12.1 Å². The summed E-state index contributed by atoms with van der Waals surface area (Å²) in [6.45, 7) is 1.46. The minimum absolute atomic E-state index is 0.0123. The predicted octanol–water partition coefficient (Wildman–Crippen LogP) is 2.29. The van der Waals surface area contributed by atoms with Crippen LogP contribution in [0.15, 0.2) is 12.1 Å². The Bertz CT molecular complexity index is 361. The molecule has 0 bridgehead atoms. The molecule has 76 valence electrons. The van der Waals surface area contributed by atoms with Gasteiger partial charge in [-0.25, -0.2) is 8.78 Å². The van der Waals surface area contributed by atoms with Crippen molar-refractivity contribution < 1.29 is 18.7 Å². The Morgan fingerprint density at radius 3 is 2.57 bits per heavy atom. The highest BCUT2D eigenvalue weighted by molar-refractivity contribution is 5.67. The number of halogens is 2. The van der Waals surface area contributed by atoms with Gasteiger partial charge in [-0.3, -0.25) is 4.79 Å². The van der Waals surface area contributed by atoms with Crippen LogP contribution in [0.2, 0.25) is 0 Å². The minimum Gasteiger partial charge on any atom is -0.481 e. The van der Waals surface area contributed by atoms with Crippen LogP contribution in [0.25, 0.3) is 0 Å². The van der Waals surface area contributed by atoms with Crippen LogP contribution in [0.4, 0.5) is 8.78 Å². The molecule has 0 fully saturated rings. The first-order valence-corrected chi connectivity index (χ1v) is 4.17. The molecule has 0 unspecified atom stereocenters. The lowest BCUT2D eigenvalue weighted by Crippen LogP contribution is -2.00. The molecule has 0 saturated heterocycles. The molecule has 0 aliphatic heterocycles. The summed E-state index contributed by atoms with van der Waals surface area (Å²) < 4.78 is 26.1. The van der Waals surface area contributed by atoms with Crippen LogP contribution in [0.3, 0.4) is 0 Å². The van der Waals surface area contributed by atoms with E-state index in [4.69, 9.17) is 5.11 Å². The zero-order chi connectivity index (χ0) is 10.7. The maximum Gasteiger partial charge on any atom is 0.303 e. The highest BCUT2D eigenvalue weighted by Gasteiger charge is 2.08. The van der Waals surface area contributed by atoms with E-state index in [0.29, 0.717) is 0 Å². The monoisotopic (exact) mass is 200 g/mol. The Hall–Kier alpha value is -1.45. The van der Waals surface area contributed by atoms with Gasteiger partial charge in [-0.15, -0.1) is 0 Å². The summed E-state index contributed by atoms with van der Waals surface area (Å²) in [5.74, 6) is -2.08.